The summed E-state index contributed by atoms with van der Waals surface area (Å²) < 4.78 is 0. The summed E-state index contributed by atoms with van der Waals surface area (Å²) >= 11 is 0. The number of hydrogen-bond donors (Lipinski definition) is 5. The van der Waals surface area contributed by atoms with E-state index in [-0.39, 0.29) is 5.54 Å². The van der Waals surface area contributed by atoms with Crippen LogP contribution in [-0.2, 0) is 16.0 Å². The molecule has 1 heterocycles. The smallest absolute Gasteiger partial charge is 0.328 e. The van der Waals surface area contributed by atoms with Crippen molar-refractivity contribution in [2.24, 2.45) is 0 Å². The molecule has 28 heavy (non-hydrogen) atoms. The molecule has 5 N–H and O–H groups in total. The van der Waals surface area contributed by atoms with E-state index in [1.807, 2.05) is 24.3 Å². The van der Waals surface area contributed by atoms with E-state index in [4.69, 9.17) is 15.5 Å². The Morgan fingerprint density at radius 1 is 1.25 bits per heavy atom. The molecule has 8 heteroatoms. The van der Waals surface area contributed by atoms with Gasteiger partial charge in [0.15, 0.2) is 0 Å². The highest BCUT2D eigenvalue weighted by Gasteiger charge is 2.14. The number of aliphatic hydroxyl groups excluding tert-OH is 1. The summed E-state index contributed by atoms with van der Waals surface area (Å²) in [5.41, 5.74) is 2.54. The average molecular weight is 387 g/mol. The first-order valence-corrected chi connectivity index (χ1v) is 8.59. The van der Waals surface area contributed by atoms with Gasteiger partial charge in [0.05, 0.1) is 6.10 Å². The van der Waals surface area contributed by atoms with Crippen LogP contribution in [0.4, 0.5) is 0 Å². The fourth-order valence-corrected chi connectivity index (χ4v) is 2.35. The van der Waals surface area contributed by atoms with Gasteiger partial charge in [-0.3, -0.25) is 0 Å². The first-order chi connectivity index (χ1) is 13.0. The minimum absolute atomic E-state index is 0.00491. The molecular formula is C20H25N3O5. The summed E-state index contributed by atoms with van der Waals surface area (Å²) in [6, 6.07) is 9.84. The van der Waals surface area contributed by atoms with Crippen molar-refractivity contribution in [3.8, 4) is 6.07 Å². The number of H-pyrrole nitrogens is 1. The lowest BCUT2D eigenvalue weighted by atomic mass is 10.0. The summed E-state index contributed by atoms with van der Waals surface area (Å²) in [7, 11) is 0. The molecule has 0 saturated carbocycles. The average Bonchev–Trinajstić information content (AvgIpc) is 3.03. The van der Waals surface area contributed by atoms with Crippen LogP contribution in [0.2, 0.25) is 0 Å². The van der Waals surface area contributed by atoms with Crippen LogP contribution in [-0.4, -0.2) is 50.4 Å². The molecule has 0 radical (unpaired) electrons. The molecule has 150 valence electrons. The summed E-state index contributed by atoms with van der Waals surface area (Å²) in [5.74, 6) is -2.51. The van der Waals surface area contributed by atoms with Gasteiger partial charge in [0.1, 0.15) is 11.8 Å². The molecule has 0 saturated heterocycles. The number of hydrogen-bond acceptors (Lipinski definition) is 5. The zero-order valence-corrected chi connectivity index (χ0v) is 16.1. The van der Waals surface area contributed by atoms with Crippen molar-refractivity contribution in [2.75, 3.05) is 6.54 Å². The molecule has 0 aliphatic rings. The standard InChI is InChI=1S/C16H21N3O.C4H4O4/c1-16(2,3)18-10-13(20)7-11-5-4-6-15-14(11)8-12(9-17)19-15;5-3(6)1-2-4(7)8/h4-6,8,13,18-20H,7,10H2,1-3H3;1-2H,(H,5,6)(H,7,8). The molecular weight excluding hydrogens is 362 g/mol. The Labute approximate surface area is 163 Å². The molecule has 1 unspecified atom stereocenters. The number of carboxylic acids is 2. The number of β-amino-alcohol motifs (C(OH)–C–C–N with tert-alkyl or cyclic N) is 1. The second-order valence-corrected chi connectivity index (χ2v) is 7.17. The van der Waals surface area contributed by atoms with Crippen LogP contribution in [0.5, 0.6) is 0 Å². The molecule has 1 aromatic heterocycles. The topological polar surface area (TPSA) is 146 Å². The molecule has 2 rings (SSSR count). The molecule has 0 amide bonds. The van der Waals surface area contributed by atoms with Crippen molar-refractivity contribution in [3.05, 3.63) is 47.7 Å². The maximum atomic E-state index is 10.2. The number of nitriles is 1. The number of aromatic amines is 1. The van der Waals surface area contributed by atoms with E-state index < -0.39 is 18.0 Å². The molecule has 0 bridgehead atoms. The third-order valence-corrected chi connectivity index (χ3v) is 3.57. The van der Waals surface area contributed by atoms with Crippen LogP contribution >= 0.6 is 0 Å². The Hall–Kier alpha value is -3.15. The Bertz CT molecular complexity index is 871. The van der Waals surface area contributed by atoms with Gasteiger partial charge in [0.25, 0.3) is 0 Å². The van der Waals surface area contributed by atoms with Crippen LogP contribution in [0.25, 0.3) is 10.9 Å². The number of rotatable bonds is 6. The molecule has 1 atom stereocenters. The van der Waals surface area contributed by atoms with Gasteiger partial charge >= 0.3 is 11.9 Å². The van der Waals surface area contributed by atoms with Crippen molar-refractivity contribution in [3.63, 3.8) is 0 Å². The summed E-state index contributed by atoms with van der Waals surface area (Å²) in [6.45, 7) is 6.78. The highest BCUT2D eigenvalue weighted by molar-refractivity contribution is 5.89. The Kier molecular flexibility index (Phi) is 8.38. The number of benzene rings is 1. The maximum Gasteiger partial charge on any atom is 0.328 e. The van der Waals surface area contributed by atoms with E-state index in [0.29, 0.717) is 30.8 Å². The van der Waals surface area contributed by atoms with Crippen molar-refractivity contribution in [1.82, 2.24) is 10.3 Å². The summed E-state index contributed by atoms with van der Waals surface area (Å²) in [4.78, 5) is 22.2. The zero-order valence-electron chi connectivity index (χ0n) is 16.1. The van der Waals surface area contributed by atoms with Gasteiger partial charge in [0.2, 0.25) is 0 Å². The van der Waals surface area contributed by atoms with Crippen LogP contribution in [0, 0.1) is 11.3 Å². The SMILES string of the molecule is CC(C)(C)NCC(O)Cc1cccc2[nH]c(C#N)cc12.O=C(O)C=CC(=O)O. The molecule has 8 nitrogen and oxygen atoms in total. The van der Waals surface area contributed by atoms with Gasteiger partial charge in [-0.1, -0.05) is 12.1 Å². The van der Waals surface area contributed by atoms with Crippen LogP contribution in [0.1, 0.15) is 32.0 Å². The van der Waals surface area contributed by atoms with Crippen molar-refractivity contribution in [2.45, 2.75) is 38.8 Å². The molecule has 2 aromatic rings. The number of aromatic nitrogens is 1. The summed E-state index contributed by atoms with van der Waals surface area (Å²) in [6.07, 6.45) is 1.24. The fraction of sp³-hybridized carbons (Fsp3) is 0.350. The highest BCUT2D eigenvalue weighted by atomic mass is 16.4. The van der Waals surface area contributed by atoms with E-state index in [9.17, 15) is 14.7 Å². The Morgan fingerprint density at radius 2 is 1.86 bits per heavy atom. The third kappa shape index (κ3) is 8.49. The van der Waals surface area contributed by atoms with Crippen LogP contribution in [0.3, 0.4) is 0 Å². The second kappa shape index (κ2) is 10.3. The van der Waals surface area contributed by atoms with Crippen LogP contribution < -0.4 is 5.32 Å². The number of aliphatic hydroxyl groups is 1. The number of fused-ring (bicyclic) bond motifs is 1. The molecule has 0 fully saturated rings. The minimum atomic E-state index is -1.26. The first kappa shape index (κ1) is 22.9. The quantitative estimate of drug-likeness (QED) is 0.477. The molecule has 0 aliphatic carbocycles. The lowest BCUT2D eigenvalue weighted by molar-refractivity contribution is -0.134. The van der Waals surface area contributed by atoms with Gasteiger partial charge in [-0.15, -0.1) is 0 Å². The highest BCUT2D eigenvalue weighted by Crippen LogP contribution is 2.21. The second-order valence-electron chi connectivity index (χ2n) is 7.17. The predicted octanol–water partition coefficient (Wildman–Crippen LogP) is 2.04. The molecule has 0 spiro atoms. The van der Waals surface area contributed by atoms with Crippen molar-refractivity contribution in [1.29, 1.82) is 5.26 Å². The van der Waals surface area contributed by atoms with Crippen molar-refractivity contribution >= 4 is 22.8 Å². The largest absolute Gasteiger partial charge is 0.478 e. The Balaban J connectivity index is 0.000000416. The minimum Gasteiger partial charge on any atom is -0.478 e. The van der Waals surface area contributed by atoms with E-state index in [0.717, 1.165) is 16.5 Å². The zero-order chi connectivity index (χ0) is 21.3. The molecule has 0 aliphatic heterocycles. The number of carbonyl (C=O) groups is 2. The lowest BCUT2D eigenvalue weighted by Crippen LogP contribution is -2.41. The number of nitrogens with one attached hydrogen (secondary N) is 2. The van der Waals surface area contributed by atoms with E-state index in [1.54, 1.807) is 0 Å². The number of carboxylic acid groups (broad SMARTS) is 2. The summed E-state index contributed by atoms with van der Waals surface area (Å²) in [5, 5.41) is 39.0. The third-order valence-electron chi connectivity index (χ3n) is 3.57. The number of aliphatic carboxylic acids is 2. The van der Waals surface area contributed by atoms with E-state index >= 15 is 0 Å². The van der Waals surface area contributed by atoms with Gasteiger partial charge in [-0.2, -0.15) is 5.26 Å². The number of nitrogens with zero attached hydrogens (tertiary/aromatic N) is 1. The van der Waals surface area contributed by atoms with Gasteiger partial charge < -0.3 is 25.6 Å². The van der Waals surface area contributed by atoms with Crippen LogP contribution in [0.15, 0.2) is 36.4 Å². The maximum absolute atomic E-state index is 10.2. The fourth-order valence-electron chi connectivity index (χ4n) is 2.35. The van der Waals surface area contributed by atoms with Gasteiger partial charge in [-0.25, -0.2) is 9.59 Å². The predicted molar refractivity (Wildman–Crippen MR) is 105 cm³/mol. The molecule has 1 aromatic carbocycles. The van der Waals surface area contributed by atoms with E-state index in [2.05, 4.69) is 37.1 Å². The monoisotopic (exact) mass is 387 g/mol. The Morgan fingerprint density at radius 3 is 2.36 bits per heavy atom. The van der Waals surface area contributed by atoms with Crippen molar-refractivity contribution < 1.29 is 24.9 Å². The first-order valence-electron chi connectivity index (χ1n) is 8.59. The lowest BCUT2D eigenvalue weighted by Gasteiger charge is -2.23. The van der Waals surface area contributed by atoms with E-state index in [1.165, 1.54) is 0 Å². The normalized spacial score (nSPS) is 12.2. The van der Waals surface area contributed by atoms with Gasteiger partial charge in [-0.05, 0) is 38.5 Å². The van der Waals surface area contributed by atoms with Gasteiger partial charge in [0, 0.05) is 41.6 Å².